The lowest BCUT2D eigenvalue weighted by atomic mass is 9.98. The van der Waals surface area contributed by atoms with Crippen LogP contribution in [0.4, 0.5) is 0 Å². The molecule has 2 aromatic carbocycles. The molecule has 2 aromatic rings. The van der Waals surface area contributed by atoms with Gasteiger partial charge in [0.05, 0.1) is 0 Å². The Morgan fingerprint density at radius 2 is 1.80 bits per heavy atom. The topological polar surface area (TPSA) is 81.4 Å². The highest BCUT2D eigenvalue weighted by molar-refractivity contribution is 5.88. The fraction of sp³-hybridized carbons (Fsp3) is 0.300. The van der Waals surface area contributed by atoms with Gasteiger partial charge in [0.25, 0.3) is 5.91 Å². The van der Waals surface area contributed by atoms with Crippen LogP contribution in [0.1, 0.15) is 42.5 Å². The smallest absolute Gasteiger partial charge is 0.258 e. The maximum absolute atomic E-state index is 12.1. The second-order valence-electron chi connectivity index (χ2n) is 6.28. The van der Waals surface area contributed by atoms with Gasteiger partial charge >= 0.3 is 0 Å². The third kappa shape index (κ3) is 5.08. The molecule has 0 radical (unpaired) electrons. The van der Waals surface area contributed by atoms with Crippen molar-refractivity contribution in [3.8, 4) is 5.75 Å². The summed E-state index contributed by atoms with van der Waals surface area (Å²) in [6.45, 7) is 6.09. The van der Waals surface area contributed by atoms with E-state index in [-0.39, 0.29) is 6.61 Å². The van der Waals surface area contributed by atoms with Gasteiger partial charge in [-0.1, -0.05) is 50.2 Å². The molecule has 0 aliphatic rings. The van der Waals surface area contributed by atoms with Crippen molar-refractivity contribution in [3.05, 3.63) is 65.2 Å². The van der Waals surface area contributed by atoms with Gasteiger partial charge in [-0.15, -0.1) is 0 Å². The first kappa shape index (κ1) is 18.5. The third-order valence-electron chi connectivity index (χ3n) is 3.96. The van der Waals surface area contributed by atoms with Crippen molar-refractivity contribution in [2.75, 3.05) is 6.61 Å². The fourth-order valence-electron chi connectivity index (χ4n) is 2.70. The minimum Gasteiger partial charge on any atom is -0.484 e. The molecule has 5 heteroatoms. The number of aryl methyl sites for hydroxylation is 1. The SMILES string of the molecule is Cc1cc(OCC(=O)N[C@H](C(N)=O)c2ccccc2)ccc1C(C)C. The molecular weight excluding hydrogens is 316 g/mol. The lowest BCUT2D eigenvalue weighted by Crippen LogP contribution is -2.39. The van der Waals surface area contributed by atoms with E-state index in [2.05, 4.69) is 19.2 Å². The van der Waals surface area contributed by atoms with Crippen LogP contribution < -0.4 is 15.8 Å². The van der Waals surface area contributed by atoms with Gasteiger partial charge < -0.3 is 15.8 Å². The predicted octanol–water partition coefficient (Wildman–Crippen LogP) is 2.84. The quantitative estimate of drug-likeness (QED) is 0.813. The minimum absolute atomic E-state index is 0.183. The monoisotopic (exact) mass is 340 g/mol. The minimum atomic E-state index is -0.873. The largest absolute Gasteiger partial charge is 0.484 e. The Balaban J connectivity index is 1.98. The normalized spacial score (nSPS) is 11.8. The highest BCUT2D eigenvalue weighted by atomic mass is 16.5. The standard InChI is InChI=1S/C20H24N2O3/c1-13(2)17-10-9-16(11-14(17)3)25-12-18(23)22-19(20(21)24)15-7-5-4-6-8-15/h4-11,13,19H,12H2,1-3H3,(H2,21,24)(H,22,23)/t19-/m0/s1. The van der Waals surface area contributed by atoms with E-state index in [0.29, 0.717) is 17.2 Å². The summed E-state index contributed by atoms with van der Waals surface area (Å²) < 4.78 is 5.54. The van der Waals surface area contributed by atoms with E-state index in [9.17, 15) is 9.59 Å². The van der Waals surface area contributed by atoms with Crippen LogP contribution in [0.2, 0.25) is 0 Å². The second-order valence-corrected chi connectivity index (χ2v) is 6.28. The number of ether oxygens (including phenoxy) is 1. The number of hydrogen-bond donors (Lipinski definition) is 2. The molecule has 0 aliphatic heterocycles. The number of benzene rings is 2. The van der Waals surface area contributed by atoms with Crippen molar-refractivity contribution in [3.63, 3.8) is 0 Å². The molecule has 0 unspecified atom stereocenters. The van der Waals surface area contributed by atoms with Crippen LogP contribution in [0.3, 0.4) is 0 Å². The Hall–Kier alpha value is -2.82. The molecular formula is C20H24N2O3. The molecule has 0 bridgehead atoms. The van der Waals surface area contributed by atoms with Crippen LogP contribution in [0, 0.1) is 6.92 Å². The molecule has 25 heavy (non-hydrogen) atoms. The molecule has 0 fully saturated rings. The summed E-state index contributed by atoms with van der Waals surface area (Å²) in [6.07, 6.45) is 0. The zero-order valence-electron chi connectivity index (χ0n) is 14.8. The molecule has 2 rings (SSSR count). The fourth-order valence-corrected chi connectivity index (χ4v) is 2.70. The van der Waals surface area contributed by atoms with E-state index in [4.69, 9.17) is 10.5 Å². The van der Waals surface area contributed by atoms with Crippen LogP contribution in [-0.4, -0.2) is 18.4 Å². The summed E-state index contributed by atoms with van der Waals surface area (Å²) in [5, 5.41) is 2.61. The summed E-state index contributed by atoms with van der Waals surface area (Å²) in [5.41, 5.74) is 8.40. The zero-order chi connectivity index (χ0) is 18.4. The summed E-state index contributed by atoms with van der Waals surface area (Å²) in [7, 11) is 0. The van der Waals surface area contributed by atoms with Gasteiger partial charge in [0.15, 0.2) is 6.61 Å². The first-order chi connectivity index (χ1) is 11.9. The molecule has 0 saturated carbocycles. The Labute approximate surface area is 148 Å². The summed E-state index contributed by atoms with van der Waals surface area (Å²) >= 11 is 0. The van der Waals surface area contributed by atoms with E-state index < -0.39 is 17.9 Å². The van der Waals surface area contributed by atoms with E-state index in [1.54, 1.807) is 24.3 Å². The number of rotatable bonds is 7. The van der Waals surface area contributed by atoms with Gasteiger partial charge in [-0.3, -0.25) is 9.59 Å². The van der Waals surface area contributed by atoms with Crippen molar-refractivity contribution >= 4 is 11.8 Å². The van der Waals surface area contributed by atoms with Crippen molar-refractivity contribution in [1.82, 2.24) is 5.32 Å². The van der Waals surface area contributed by atoms with Crippen LogP contribution in [0.15, 0.2) is 48.5 Å². The molecule has 2 amide bonds. The second kappa shape index (κ2) is 8.33. The van der Waals surface area contributed by atoms with Gasteiger partial charge in [-0.2, -0.15) is 0 Å². The average molecular weight is 340 g/mol. The van der Waals surface area contributed by atoms with Crippen molar-refractivity contribution in [2.24, 2.45) is 5.73 Å². The van der Waals surface area contributed by atoms with Gasteiger partial charge in [0.2, 0.25) is 5.91 Å². The molecule has 0 heterocycles. The Kier molecular flexibility index (Phi) is 6.17. The molecule has 0 spiro atoms. The predicted molar refractivity (Wildman–Crippen MR) is 97.3 cm³/mol. The average Bonchev–Trinajstić information content (AvgIpc) is 2.58. The molecule has 0 aromatic heterocycles. The number of nitrogens with two attached hydrogens (primary N) is 1. The lowest BCUT2D eigenvalue weighted by molar-refractivity contribution is -0.128. The first-order valence-corrected chi connectivity index (χ1v) is 8.25. The highest BCUT2D eigenvalue weighted by Crippen LogP contribution is 2.23. The van der Waals surface area contributed by atoms with Gasteiger partial charge in [-0.05, 0) is 41.7 Å². The lowest BCUT2D eigenvalue weighted by Gasteiger charge is -2.16. The number of carbonyl (C=O) groups is 2. The van der Waals surface area contributed by atoms with E-state index in [0.717, 1.165) is 5.56 Å². The van der Waals surface area contributed by atoms with Crippen LogP contribution in [-0.2, 0) is 9.59 Å². The summed E-state index contributed by atoms with van der Waals surface area (Å²) in [5.74, 6) is 0.0295. The number of carbonyl (C=O) groups excluding carboxylic acids is 2. The molecule has 0 aliphatic carbocycles. The Morgan fingerprint density at radius 1 is 1.12 bits per heavy atom. The first-order valence-electron chi connectivity index (χ1n) is 8.25. The van der Waals surface area contributed by atoms with Gasteiger partial charge in [0.1, 0.15) is 11.8 Å². The van der Waals surface area contributed by atoms with Crippen molar-refractivity contribution in [2.45, 2.75) is 32.7 Å². The summed E-state index contributed by atoms with van der Waals surface area (Å²) in [4.78, 5) is 23.7. The molecule has 1 atom stereocenters. The molecule has 132 valence electrons. The van der Waals surface area contributed by atoms with E-state index >= 15 is 0 Å². The molecule has 3 N–H and O–H groups in total. The molecule has 5 nitrogen and oxygen atoms in total. The summed E-state index contributed by atoms with van der Waals surface area (Å²) in [6, 6.07) is 13.8. The van der Waals surface area contributed by atoms with Crippen molar-refractivity contribution < 1.29 is 14.3 Å². The maximum atomic E-state index is 12.1. The maximum Gasteiger partial charge on any atom is 0.258 e. The third-order valence-corrected chi connectivity index (χ3v) is 3.96. The van der Waals surface area contributed by atoms with E-state index in [1.165, 1.54) is 5.56 Å². The van der Waals surface area contributed by atoms with Gasteiger partial charge in [-0.25, -0.2) is 0 Å². The highest BCUT2D eigenvalue weighted by Gasteiger charge is 2.20. The van der Waals surface area contributed by atoms with Gasteiger partial charge in [0, 0.05) is 0 Å². The van der Waals surface area contributed by atoms with Crippen LogP contribution >= 0.6 is 0 Å². The Bertz CT molecular complexity index is 742. The number of hydrogen-bond acceptors (Lipinski definition) is 3. The van der Waals surface area contributed by atoms with Crippen LogP contribution in [0.25, 0.3) is 0 Å². The number of nitrogens with one attached hydrogen (secondary N) is 1. The van der Waals surface area contributed by atoms with E-state index in [1.807, 2.05) is 31.2 Å². The van der Waals surface area contributed by atoms with Crippen LogP contribution in [0.5, 0.6) is 5.75 Å². The Morgan fingerprint density at radius 3 is 2.36 bits per heavy atom. The number of primary amides is 1. The zero-order valence-corrected chi connectivity index (χ0v) is 14.8. The van der Waals surface area contributed by atoms with Crippen molar-refractivity contribution in [1.29, 1.82) is 0 Å². The number of amides is 2. The molecule has 0 saturated heterocycles.